The maximum Gasteiger partial charge on any atom is 0.265 e. The molecule has 0 fully saturated rings. The SMILES string of the molecule is COc1ccccc1Oc1ccc(NC(=O)CN2C(=O)COc3ccc(Cl)cc32)cc1. The zero-order valence-electron chi connectivity index (χ0n) is 16.6. The Morgan fingerprint density at radius 1 is 1.10 bits per heavy atom. The van der Waals surface area contributed by atoms with Crippen LogP contribution in [-0.4, -0.2) is 32.1 Å². The number of para-hydroxylation sites is 2. The van der Waals surface area contributed by atoms with Crippen LogP contribution in [0.1, 0.15) is 0 Å². The van der Waals surface area contributed by atoms with Crippen molar-refractivity contribution in [2.45, 2.75) is 0 Å². The van der Waals surface area contributed by atoms with Gasteiger partial charge in [-0.25, -0.2) is 0 Å². The van der Waals surface area contributed by atoms with Gasteiger partial charge in [-0.2, -0.15) is 0 Å². The van der Waals surface area contributed by atoms with E-state index < -0.39 is 0 Å². The molecule has 31 heavy (non-hydrogen) atoms. The molecule has 0 atom stereocenters. The lowest BCUT2D eigenvalue weighted by Crippen LogP contribution is -2.43. The first-order valence-electron chi connectivity index (χ1n) is 9.47. The average molecular weight is 439 g/mol. The van der Waals surface area contributed by atoms with Crippen molar-refractivity contribution in [3.63, 3.8) is 0 Å². The van der Waals surface area contributed by atoms with Gasteiger partial charge in [0.2, 0.25) is 5.91 Å². The first kappa shape index (κ1) is 20.6. The number of nitrogens with zero attached hydrogens (tertiary/aromatic N) is 1. The smallest absolute Gasteiger partial charge is 0.265 e. The summed E-state index contributed by atoms with van der Waals surface area (Å²) in [4.78, 5) is 26.2. The molecule has 0 radical (unpaired) electrons. The second-order valence-electron chi connectivity index (χ2n) is 6.71. The van der Waals surface area contributed by atoms with Crippen LogP contribution in [0.5, 0.6) is 23.0 Å². The van der Waals surface area contributed by atoms with Crippen molar-refractivity contribution in [3.8, 4) is 23.0 Å². The van der Waals surface area contributed by atoms with E-state index in [1.165, 1.54) is 4.90 Å². The van der Waals surface area contributed by atoms with E-state index in [1.54, 1.807) is 55.6 Å². The van der Waals surface area contributed by atoms with Gasteiger partial charge in [0.1, 0.15) is 18.0 Å². The highest BCUT2D eigenvalue weighted by molar-refractivity contribution is 6.31. The van der Waals surface area contributed by atoms with Crippen LogP contribution < -0.4 is 24.4 Å². The predicted molar refractivity (Wildman–Crippen MR) is 117 cm³/mol. The highest BCUT2D eigenvalue weighted by Crippen LogP contribution is 2.34. The Kier molecular flexibility index (Phi) is 5.95. The van der Waals surface area contributed by atoms with Gasteiger partial charge in [0, 0.05) is 10.7 Å². The van der Waals surface area contributed by atoms with E-state index in [9.17, 15) is 9.59 Å². The number of carbonyl (C=O) groups is 2. The van der Waals surface area contributed by atoms with Gasteiger partial charge in [-0.05, 0) is 54.6 Å². The van der Waals surface area contributed by atoms with Gasteiger partial charge in [-0.15, -0.1) is 0 Å². The van der Waals surface area contributed by atoms with Crippen LogP contribution in [0.3, 0.4) is 0 Å². The van der Waals surface area contributed by atoms with Crippen molar-refractivity contribution >= 4 is 34.8 Å². The highest BCUT2D eigenvalue weighted by atomic mass is 35.5. The van der Waals surface area contributed by atoms with Crippen LogP contribution in [0.15, 0.2) is 66.7 Å². The van der Waals surface area contributed by atoms with Crippen molar-refractivity contribution in [2.24, 2.45) is 0 Å². The molecular formula is C23H19ClN2O5. The number of nitrogens with one attached hydrogen (secondary N) is 1. The molecule has 158 valence electrons. The molecule has 1 aliphatic rings. The highest BCUT2D eigenvalue weighted by Gasteiger charge is 2.27. The zero-order chi connectivity index (χ0) is 21.8. The van der Waals surface area contributed by atoms with Crippen LogP contribution in [0.2, 0.25) is 5.02 Å². The average Bonchev–Trinajstić information content (AvgIpc) is 2.77. The van der Waals surface area contributed by atoms with Crippen LogP contribution in [0.4, 0.5) is 11.4 Å². The number of halogens is 1. The van der Waals surface area contributed by atoms with E-state index in [0.717, 1.165) is 0 Å². The second-order valence-corrected chi connectivity index (χ2v) is 7.14. The number of rotatable bonds is 6. The molecule has 1 N–H and O–H groups in total. The third kappa shape index (κ3) is 4.73. The normalized spacial score (nSPS) is 12.6. The Bertz CT molecular complexity index is 1120. The summed E-state index contributed by atoms with van der Waals surface area (Å²) in [5.74, 6) is 1.65. The maximum atomic E-state index is 12.6. The molecule has 1 aliphatic heterocycles. The first-order chi connectivity index (χ1) is 15.0. The quantitative estimate of drug-likeness (QED) is 0.613. The van der Waals surface area contributed by atoms with Crippen molar-refractivity contribution in [3.05, 3.63) is 71.8 Å². The van der Waals surface area contributed by atoms with E-state index >= 15 is 0 Å². The second kappa shape index (κ2) is 8.97. The number of anilines is 2. The Morgan fingerprint density at radius 3 is 2.58 bits per heavy atom. The van der Waals surface area contributed by atoms with E-state index in [4.69, 9.17) is 25.8 Å². The van der Waals surface area contributed by atoms with E-state index in [-0.39, 0.29) is 25.0 Å². The lowest BCUT2D eigenvalue weighted by Gasteiger charge is -2.29. The van der Waals surface area contributed by atoms with Crippen LogP contribution in [0.25, 0.3) is 0 Å². The molecule has 2 amide bonds. The number of carbonyl (C=O) groups excluding carboxylic acids is 2. The number of hydrogen-bond donors (Lipinski definition) is 1. The third-order valence-electron chi connectivity index (χ3n) is 4.60. The Hall–Kier alpha value is -3.71. The number of hydrogen-bond acceptors (Lipinski definition) is 5. The lowest BCUT2D eigenvalue weighted by molar-refractivity contribution is -0.123. The molecule has 3 aromatic carbocycles. The van der Waals surface area contributed by atoms with E-state index in [0.29, 0.717) is 39.4 Å². The number of ether oxygens (including phenoxy) is 3. The molecule has 7 nitrogen and oxygen atoms in total. The van der Waals surface area contributed by atoms with Crippen LogP contribution >= 0.6 is 11.6 Å². The molecular weight excluding hydrogens is 420 g/mol. The molecule has 8 heteroatoms. The Morgan fingerprint density at radius 2 is 1.84 bits per heavy atom. The Balaban J connectivity index is 1.41. The van der Waals surface area contributed by atoms with Gasteiger partial charge in [0.15, 0.2) is 18.1 Å². The molecule has 0 aliphatic carbocycles. The minimum Gasteiger partial charge on any atom is -0.493 e. The summed E-state index contributed by atoms with van der Waals surface area (Å²) in [5, 5.41) is 3.23. The number of benzene rings is 3. The number of methoxy groups -OCH3 is 1. The maximum absolute atomic E-state index is 12.6. The molecule has 0 spiro atoms. The van der Waals surface area contributed by atoms with Gasteiger partial charge in [0.05, 0.1) is 12.8 Å². The van der Waals surface area contributed by atoms with Crippen molar-refractivity contribution in [2.75, 3.05) is 30.5 Å². The molecule has 1 heterocycles. The first-order valence-corrected chi connectivity index (χ1v) is 9.85. The summed E-state index contributed by atoms with van der Waals surface area (Å²) in [6, 6.07) is 19.2. The fourth-order valence-electron chi connectivity index (χ4n) is 3.13. The van der Waals surface area contributed by atoms with Gasteiger partial charge >= 0.3 is 0 Å². The Labute approximate surface area is 184 Å². The van der Waals surface area contributed by atoms with Crippen LogP contribution in [-0.2, 0) is 9.59 Å². The minimum absolute atomic E-state index is 0.128. The fraction of sp³-hybridized carbons (Fsp3) is 0.130. The fourth-order valence-corrected chi connectivity index (χ4v) is 3.30. The van der Waals surface area contributed by atoms with Gasteiger partial charge in [-0.1, -0.05) is 23.7 Å². The number of amides is 2. The monoisotopic (exact) mass is 438 g/mol. The van der Waals surface area contributed by atoms with Crippen LogP contribution in [0, 0.1) is 0 Å². The molecule has 0 saturated carbocycles. The summed E-state index contributed by atoms with van der Waals surface area (Å²) >= 11 is 6.03. The van der Waals surface area contributed by atoms with Crippen molar-refractivity contribution in [1.82, 2.24) is 0 Å². The largest absolute Gasteiger partial charge is 0.493 e. The summed E-state index contributed by atoms with van der Waals surface area (Å²) in [5.41, 5.74) is 1.05. The van der Waals surface area contributed by atoms with Gasteiger partial charge in [0.25, 0.3) is 5.91 Å². The van der Waals surface area contributed by atoms with E-state index in [2.05, 4.69) is 5.32 Å². The van der Waals surface area contributed by atoms with Gasteiger partial charge < -0.3 is 19.5 Å². The molecule has 4 rings (SSSR count). The molecule has 0 unspecified atom stereocenters. The van der Waals surface area contributed by atoms with E-state index in [1.807, 2.05) is 18.2 Å². The number of fused-ring (bicyclic) bond motifs is 1. The molecule has 0 saturated heterocycles. The summed E-state index contributed by atoms with van der Waals surface area (Å²) < 4.78 is 16.5. The summed E-state index contributed by atoms with van der Waals surface area (Å²) in [6.07, 6.45) is 0. The summed E-state index contributed by atoms with van der Waals surface area (Å²) in [7, 11) is 1.58. The molecule has 0 bridgehead atoms. The lowest BCUT2D eigenvalue weighted by atomic mass is 10.2. The third-order valence-corrected chi connectivity index (χ3v) is 4.84. The van der Waals surface area contributed by atoms with Crippen molar-refractivity contribution < 1.29 is 23.8 Å². The zero-order valence-corrected chi connectivity index (χ0v) is 17.4. The summed E-state index contributed by atoms with van der Waals surface area (Å²) in [6.45, 7) is -0.286. The predicted octanol–water partition coefficient (Wildman–Crippen LogP) is 4.51. The van der Waals surface area contributed by atoms with Gasteiger partial charge in [-0.3, -0.25) is 14.5 Å². The minimum atomic E-state index is -0.348. The topological polar surface area (TPSA) is 77.1 Å². The molecule has 3 aromatic rings. The molecule has 0 aromatic heterocycles. The van der Waals surface area contributed by atoms with Crippen molar-refractivity contribution in [1.29, 1.82) is 0 Å². The standard InChI is InChI=1S/C23H19ClN2O5/c1-29-20-4-2-3-5-21(20)31-17-9-7-16(8-10-17)25-22(27)13-26-18-12-15(24)6-11-19(18)30-14-23(26)28/h2-12H,13-14H2,1H3,(H,25,27).